The molecule has 0 saturated heterocycles. The van der Waals surface area contributed by atoms with Crippen molar-refractivity contribution in [3.8, 4) is 0 Å². The van der Waals surface area contributed by atoms with Crippen LogP contribution in [0.15, 0.2) is 47.1 Å². The summed E-state index contributed by atoms with van der Waals surface area (Å²) in [6, 6.07) is 8.78. The van der Waals surface area contributed by atoms with Gasteiger partial charge in [0.25, 0.3) is 0 Å². The summed E-state index contributed by atoms with van der Waals surface area (Å²) in [6.45, 7) is 0. The van der Waals surface area contributed by atoms with E-state index in [1.165, 1.54) is 0 Å². The van der Waals surface area contributed by atoms with Crippen molar-refractivity contribution in [2.75, 3.05) is 5.32 Å². The fourth-order valence-electron chi connectivity index (χ4n) is 2.38. The molecule has 0 fully saturated rings. The van der Waals surface area contributed by atoms with Crippen molar-refractivity contribution in [1.82, 2.24) is 20.2 Å². The number of allylic oxidation sites excluding steroid dienone is 1. The van der Waals surface area contributed by atoms with E-state index in [1.807, 2.05) is 24.3 Å². The Bertz CT molecular complexity index is 856. The van der Waals surface area contributed by atoms with Crippen LogP contribution in [0.3, 0.4) is 0 Å². The largest absolute Gasteiger partial charge is 0.467 e. The molecule has 0 bridgehead atoms. The zero-order valence-electron chi connectivity index (χ0n) is 11.1. The normalized spacial score (nSPS) is 16.8. The van der Waals surface area contributed by atoms with Crippen LogP contribution in [0.2, 0.25) is 10.0 Å². The number of furan rings is 1. The van der Waals surface area contributed by atoms with Gasteiger partial charge in [0.15, 0.2) is 0 Å². The number of fused-ring (bicyclic) bond motifs is 1. The maximum Gasteiger partial charge on any atom is 0.248 e. The van der Waals surface area contributed by atoms with E-state index in [-0.39, 0.29) is 6.04 Å². The third-order valence-electron chi connectivity index (χ3n) is 3.38. The van der Waals surface area contributed by atoms with Crippen LogP contribution in [0, 0.1) is 0 Å². The molecule has 1 aliphatic heterocycles. The number of tetrazole rings is 1. The second-order valence-corrected chi connectivity index (χ2v) is 5.58. The number of hydrogen-bond donors (Lipinski definition) is 1. The van der Waals surface area contributed by atoms with E-state index in [4.69, 9.17) is 27.6 Å². The van der Waals surface area contributed by atoms with Gasteiger partial charge in [0.05, 0.1) is 11.3 Å². The molecule has 0 unspecified atom stereocenters. The van der Waals surface area contributed by atoms with E-state index in [0.717, 1.165) is 17.0 Å². The minimum atomic E-state index is -0.247. The topological polar surface area (TPSA) is 68.8 Å². The van der Waals surface area contributed by atoms with Gasteiger partial charge in [-0.25, -0.2) is 0 Å². The summed E-state index contributed by atoms with van der Waals surface area (Å²) in [5.41, 5.74) is 1.61. The van der Waals surface area contributed by atoms with Gasteiger partial charge in [-0.15, -0.1) is 0 Å². The zero-order valence-corrected chi connectivity index (χ0v) is 12.6. The number of aromatic nitrogens is 4. The second-order valence-electron chi connectivity index (χ2n) is 4.74. The molecule has 2 aromatic heterocycles. The third kappa shape index (κ3) is 2.17. The van der Waals surface area contributed by atoms with Crippen molar-refractivity contribution in [2.24, 2.45) is 0 Å². The van der Waals surface area contributed by atoms with Crippen LogP contribution in [0.4, 0.5) is 5.95 Å². The first kappa shape index (κ1) is 13.4. The first-order valence-corrected chi connectivity index (χ1v) is 7.23. The minimum absolute atomic E-state index is 0.247. The summed E-state index contributed by atoms with van der Waals surface area (Å²) < 4.78 is 7.13. The molecule has 1 aromatic carbocycles. The van der Waals surface area contributed by atoms with E-state index < -0.39 is 0 Å². The molecule has 0 aliphatic carbocycles. The van der Waals surface area contributed by atoms with Crippen LogP contribution >= 0.6 is 23.2 Å². The van der Waals surface area contributed by atoms with Crippen molar-refractivity contribution < 1.29 is 4.42 Å². The first-order chi connectivity index (χ1) is 10.7. The average Bonchev–Trinajstić information content (AvgIpc) is 3.17. The average molecular weight is 334 g/mol. The van der Waals surface area contributed by atoms with Crippen molar-refractivity contribution in [3.05, 3.63) is 64.0 Å². The lowest BCUT2D eigenvalue weighted by atomic mass is 10.1. The van der Waals surface area contributed by atoms with Crippen LogP contribution in [0.1, 0.15) is 17.4 Å². The number of anilines is 1. The predicted octanol–water partition coefficient (Wildman–Crippen LogP) is 3.63. The maximum atomic E-state index is 6.29. The molecular weight excluding hydrogens is 325 g/mol. The highest BCUT2D eigenvalue weighted by atomic mass is 35.5. The molecule has 0 amide bonds. The van der Waals surface area contributed by atoms with Crippen LogP contribution in [0.25, 0.3) is 5.70 Å². The summed E-state index contributed by atoms with van der Waals surface area (Å²) in [4.78, 5) is 0. The van der Waals surface area contributed by atoms with Crippen molar-refractivity contribution in [1.29, 1.82) is 0 Å². The molecule has 8 heteroatoms. The van der Waals surface area contributed by atoms with Crippen LogP contribution < -0.4 is 5.32 Å². The highest BCUT2D eigenvalue weighted by molar-refractivity contribution is 6.35. The number of nitrogens with zero attached hydrogens (tertiary/aromatic N) is 4. The Morgan fingerprint density at radius 2 is 2.14 bits per heavy atom. The number of benzene rings is 1. The molecule has 0 radical (unpaired) electrons. The highest BCUT2D eigenvalue weighted by Gasteiger charge is 2.26. The molecule has 110 valence electrons. The number of rotatable bonds is 2. The molecule has 1 aliphatic rings. The Kier molecular flexibility index (Phi) is 3.13. The molecule has 0 saturated carbocycles. The van der Waals surface area contributed by atoms with Gasteiger partial charge < -0.3 is 9.73 Å². The molecule has 4 rings (SSSR count). The van der Waals surface area contributed by atoms with Gasteiger partial charge in [0.1, 0.15) is 11.8 Å². The van der Waals surface area contributed by atoms with Crippen molar-refractivity contribution >= 4 is 34.8 Å². The fraction of sp³-hybridized carbons (Fsp3) is 0.0714. The molecule has 1 N–H and O–H groups in total. The van der Waals surface area contributed by atoms with E-state index in [0.29, 0.717) is 16.0 Å². The lowest BCUT2D eigenvalue weighted by Crippen LogP contribution is -2.20. The van der Waals surface area contributed by atoms with Gasteiger partial charge in [-0.05, 0) is 46.8 Å². The summed E-state index contributed by atoms with van der Waals surface area (Å²) in [5.74, 6) is 1.25. The SMILES string of the molecule is Clc1ccc(C2=C[C@H](c3ccco3)n3nnnc3N2)c(Cl)c1. The highest BCUT2D eigenvalue weighted by Crippen LogP contribution is 2.34. The van der Waals surface area contributed by atoms with Gasteiger partial charge in [-0.2, -0.15) is 4.68 Å². The quantitative estimate of drug-likeness (QED) is 0.775. The van der Waals surface area contributed by atoms with Crippen molar-refractivity contribution in [3.63, 3.8) is 0 Å². The summed E-state index contributed by atoms with van der Waals surface area (Å²) in [7, 11) is 0. The van der Waals surface area contributed by atoms with Crippen LogP contribution in [0.5, 0.6) is 0 Å². The summed E-state index contributed by atoms with van der Waals surface area (Å²) in [6.07, 6.45) is 3.57. The van der Waals surface area contributed by atoms with Gasteiger partial charge in [-0.3, -0.25) is 0 Å². The summed E-state index contributed by atoms with van der Waals surface area (Å²) >= 11 is 12.2. The molecule has 0 spiro atoms. The third-order valence-corrected chi connectivity index (χ3v) is 3.93. The van der Waals surface area contributed by atoms with Gasteiger partial charge >= 0.3 is 0 Å². The number of halogens is 2. The fourth-order valence-corrected chi connectivity index (χ4v) is 2.89. The van der Waals surface area contributed by atoms with E-state index in [2.05, 4.69) is 20.8 Å². The molecule has 1 atom stereocenters. The smallest absolute Gasteiger partial charge is 0.248 e. The standard InChI is InChI=1S/C14H9Cl2N5O/c15-8-3-4-9(10(16)6-8)11-7-12(13-2-1-5-22-13)21-14(17-11)18-19-20-21/h1-7,12H,(H,17,18,20)/t12-/m1/s1. The van der Waals surface area contributed by atoms with E-state index in [1.54, 1.807) is 23.1 Å². The molecule has 3 heterocycles. The van der Waals surface area contributed by atoms with Crippen LogP contribution in [-0.2, 0) is 0 Å². The molecule has 22 heavy (non-hydrogen) atoms. The molecular formula is C14H9Cl2N5O. The number of nitrogens with one attached hydrogen (secondary N) is 1. The molecule has 6 nitrogen and oxygen atoms in total. The Morgan fingerprint density at radius 1 is 1.23 bits per heavy atom. The first-order valence-electron chi connectivity index (χ1n) is 6.48. The maximum absolute atomic E-state index is 6.29. The monoisotopic (exact) mass is 333 g/mol. The Morgan fingerprint density at radius 3 is 2.91 bits per heavy atom. The Hall–Kier alpha value is -2.31. The Balaban J connectivity index is 1.83. The van der Waals surface area contributed by atoms with Gasteiger partial charge in [0.2, 0.25) is 5.95 Å². The van der Waals surface area contributed by atoms with E-state index >= 15 is 0 Å². The number of hydrogen-bond acceptors (Lipinski definition) is 5. The zero-order chi connectivity index (χ0) is 15.1. The van der Waals surface area contributed by atoms with Crippen LogP contribution in [-0.4, -0.2) is 20.2 Å². The lowest BCUT2D eigenvalue weighted by molar-refractivity contribution is 0.443. The molecule has 3 aromatic rings. The second kappa shape index (κ2) is 5.15. The van der Waals surface area contributed by atoms with Gasteiger partial charge in [0, 0.05) is 16.3 Å². The van der Waals surface area contributed by atoms with Crippen molar-refractivity contribution in [2.45, 2.75) is 6.04 Å². The summed E-state index contributed by atoms with van der Waals surface area (Å²) in [5, 5.41) is 16.0. The lowest BCUT2D eigenvalue weighted by Gasteiger charge is -2.22. The van der Waals surface area contributed by atoms with E-state index in [9.17, 15) is 0 Å². The van der Waals surface area contributed by atoms with Gasteiger partial charge in [-0.1, -0.05) is 28.3 Å². The minimum Gasteiger partial charge on any atom is -0.467 e. The Labute approximate surface area is 135 Å². The predicted molar refractivity (Wildman–Crippen MR) is 82.7 cm³/mol.